The maximum Gasteiger partial charge on any atom is 0.209 e. The minimum absolute atomic E-state index is 0.0416. The molecule has 0 amide bonds. The van der Waals surface area contributed by atoms with E-state index in [4.69, 9.17) is 4.42 Å². The lowest BCUT2D eigenvalue weighted by atomic mass is 10.1. The lowest BCUT2D eigenvalue weighted by Crippen LogP contribution is -2.43. The van der Waals surface area contributed by atoms with Gasteiger partial charge in [-0.2, -0.15) is 0 Å². The molecule has 2 aromatic rings. The molecule has 1 saturated heterocycles. The first kappa shape index (κ1) is 14.5. The highest BCUT2D eigenvalue weighted by atomic mass is 32.2. The SMILES string of the molecule is CS(=O)(=O)NC1CCN(Cc2nc3ccccc3o2)CC1. The number of likely N-dealkylation sites (tertiary alicyclic amines) is 1. The minimum Gasteiger partial charge on any atom is -0.439 e. The number of fused-ring (bicyclic) bond motifs is 1. The average molecular weight is 309 g/mol. The van der Waals surface area contributed by atoms with Gasteiger partial charge in [0, 0.05) is 19.1 Å². The zero-order valence-corrected chi connectivity index (χ0v) is 12.8. The van der Waals surface area contributed by atoms with Gasteiger partial charge >= 0.3 is 0 Å². The van der Waals surface area contributed by atoms with E-state index < -0.39 is 10.0 Å². The Morgan fingerprint density at radius 2 is 2.05 bits per heavy atom. The number of nitrogens with zero attached hydrogens (tertiary/aromatic N) is 2. The highest BCUT2D eigenvalue weighted by Gasteiger charge is 2.22. The van der Waals surface area contributed by atoms with E-state index in [-0.39, 0.29) is 6.04 Å². The highest BCUT2D eigenvalue weighted by Crippen LogP contribution is 2.18. The fourth-order valence-corrected chi connectivity index (χ4v) is 3.53. The standard InChI is InChI=1S/C14H19N3O3S/c1-21(18,19)16-11-6-8-17(9-7-11)10-14-15-12-4-2-3-5-13(12)20-14/h2-5,11,16H,6-10H2,1H3. The summed E-state index contributed by atoms with van der Waals surface area (Å²) in [5.41, 5.74) is 1.68. The monoisotopic (exact) mass is 309 g/mol. The van der Waals surface area contributed by atoms with Crippen LogP contribution in [0.15, 0.2) is 28.7 Å². The van der Waals surface area contributed by atoms with Crippen molar-refractivity contribution in [3.05, 3.63) is 30.2 Å². The largest absolute Gasteiger partial charge is 0.439 e. The van der Waals surface area contributed by atoms with Crippen LogP contribution in [0.4, 0.5) is 0 Å². The molecule has 0 aliphatic carbocycles. The number of para-hydroxylation sites is 2. The third kappa shape index (κ3) is 3.81. The van der Waals surface area contributed by atoms with Crippen LogP contribution in [0.3, 0.4) is 0 Å². The van der Waals surface area contributed by atoms with Crippen molar-refractivity contribution in [3.8, 4) is 0 Å². The van der Waals surface area contributed by atoms with Crippen molar-refractivity contribution in [3.63, 3.8) is 0 Å². The van der Waals surface area contributed by atoms with Crippen LogP contribution in [0.25, 0.3) is 11.1 Å². The number of oxazole rings is 1. The summed E-state index contributed by atoms with van der Waals surface area (Å²) in [4.78, 5) is 6.71. The van der Waals surface area contributed by atoms with Crippen LogP contribution in [0.2, 0.25) is 0 Å². The second-order valence-electron chi connectivity index (χ2n) is 5.52. The second-order valence-corrected chi connectivity index (χ2v) is 7.30. The second kappa shape index (κ2) is 5.75. The Morgan fingerprint density at radius 1 is 1.33 bits per heavy atom. The summed E-state index contributed by atoms with van der Waals surface area (Å²) < 4.78 is 30.8. The molecule has 7 heteroatoms. The van der Waals surface area contributed by atoms with Gasteiger partial charge < -0.3 is 4.42 Å². The Morgan fingerprint density at radius 3 is 2.71 bits per heavy atom. The summed E-state index contributed by atoms with van der Waals surface area (Å²) in [6, 6.07) is 7.76. The Labute approximate surface area is 124 Å². The highest BCUT2D eigenvalue weighted by molar-refractivity contribution is 7.88. The maximum absolute atomic E-state index is 11.2. The van der Waals surface area contributed by atoms with E-state index in [1.165, 1.54) is 6.26 Å². The van der Waals surface area contributed by atoms with Crippen molar-refractivity contribution in [2.75, 3.05) is 19.3 Å². The zero-order valence-electron chi connectivity index (χ0n) is 11.9. The van der Waals surface area contributed by atoms with Crippen LogP contribution in [0, 0.1) is 0 Å². The number of sulfonamides is 1. The van der Waals surface area contributed by atoms with E-state index in [0.717, 1.165) is 37.0 Å². The number of aromatic nitrogens is 1. The molecule has 0 atom stereocenters. The molecule has 114 valence electrons. The fraction of sp³-hybridized carbons (Fsp3) is 0.500. The number of hydrogen-bond acceptors (Lipinski definition) is 5. The van der Waals surface area contributed by atoms with Gasteiger partial charge in [-0.25, -0.2) is 18.1 Å². The van der Waals surface area contributed by atoms with Gasteiger partial charge in [-0.3, -0.25) is 4.90 Å². The molecule has 0 saturated carbocycles. The predicted molar refractivity (Wildman–Crippen MR) is 80.3 cm³/mol. The quantitative estimate of drug-likeness (QED) is 0.922. The van der Waals surface area contributed by atoms with Gasteiger partial charge in [0.1, 0.15) is 5.52 Å². The third-order valence-electron chi connectivity index (χ3n) is 3.67. The van der Waals surface area contributed by atoms with Crippen molar-refractivity contribution >= 4 is 21.1 Å². The maximum atomic E-state index is 11.2. The molecular weight excluding hydrogens is 290 g/mol. The molecule has 0 radical (unpaired) electrons. The molecule has 1 aromatic carbocycles. The number of benzene rings is 1. The lowest BCUT2D eigenvalue weighted by Gasteiger charge is -2.30. The van der Waals surface area contributed by atoms with E-state index in [2.05, 4.69) is 14.6 Å². The van der Waals surface area contributed by atoms with Crippen LogP contribution >= 0.6 is 0 Å². The topological polar surface area (TPSA) is 75.4 Å². The Kier molecular flexibility index (Phi) is 3.97. The number of piperidine rings is 1. The van der Waals surface area contributed by atoms with Gasteiger partial charge in [0.25, 0.3) is 0 Å². The van der Waals surface area contributed by atoms with E-state index in [1.54, 1.807) is 0 Å². The van der Waals surface area contributed by atoms with E-state index in [9.17, 15) is 8.42 Å². The molecule has 3 rings (SSSR count). The van der Waals surface area contributed by atoms with Crippen LogP contribution in [0.1, 0.15) is 18.7 Å². The first-order valence-corrected chi connectivity index (χ1v) is 8.93. The summed E-state index contributed by atoms with van der Waals surface area (Å²) in [7, 11) is -3.12. The van der Waals surface area contributed by atoms with E-state index in [0.29, 0.717) is 12.4 Å². The summed E-state index contributed by atoms with van der Waals surface area (Å²) in [5.74, 6) is 0.714. The molecule has 1 aliphatic heterocycles. The van der Waals surface area contributed by atoms with Crippen molar-refractivity contribution in [1.82, 2.24) is 14.6 Å². The molecule has 0 bridgehead atoms. The molecule has 1 N–H and O–H groups in total. The van der Waals surface area contributed by atoms with Gasteiger partial charge in [0.05, 0.1) is 12.8 Å². The van der Waals surface area contributed by atoms with Crippen molar-refractivity contribution in [1.29, 1.82) is 0 Å². The summed E-state index contributed by atoms with van der Waals surface area (Å²) >= 11 is 0. The molecular formula is C14H19N3O3S. The molecule has 2 heterocycles. The predicted octanol–water partition coefficient (Wildman–Crippen LogP) is 1.34. The Bertz CT molecular complexity index is 685. The van der Waals surface area contributed by atoms with E-state index in [1.807, 2.05) is 24.3 Å². The summed E-state index contributed by atoms with van der Waals surface area (Å²) in [5, 5.41) is 0. The minimum atomic E-state index is -3.12. The van der Waals surface area contributed by atoms with Crippen molar-refractivity contribution < 1.29 is 12.8 Å². The molecule has 0 unspecified atom stereocenters. The molecule has 1 aromatic heterocycles. The summed E-state index contributed by atoms with van der Waals surface area (Å²) in [6.45, 7) is 2.35. The molecule has 6 nitrogen and oxygen atoms in total. The van der Waals surface area contributed by atoms with Crippen molar-refractivity contribution in [2.24, 2.45) is 0 Å². The van der Waals surface area contributed by atoms with Crippen LogP contribution in [0.5, 0.6) is 0 Å². The Hall–Kier alpha value is -1.44. The first-order valence-electron chi connectivity index (χ1n) is 7.04. The molecule has 1 fully saturated rings. The summed E-state index contributed by atoms with van der Waals surface area (Å²) in [6.07, 6.45) is 2.83. The van der Waals surface area contributed by atoms with Crippen LogP contribution in [-0.4, -0.2) is 43.7 Å². The van der Waals surface area contributed by atoms with Gasteiger partial charge in [0.2, 0.25) is 15.9 Å². The molecule has 21 heavy (non-hydrogen) atoms. The Balaban J connectivity index is 1.58. The van der Waals surface area contributed by atoms with Gasteiger partial charge in [0.15, 0.2) is 5.58 Å². The molecule has 0 spiro atoms. The molecule has 1 aliphatic rings. The normalized spacial score (nSPS) is 18.3. The third-order valence-corrected chi connectivity index (χ3v) is 4.43. The number of hydrogen-bond donors (Lipinski definition) is 1. The zero-order chi connectivity index (χ0) is 14.9. The number of rotatable bonds is 4. The van der Waals surface area contributed by atoms with Gasteiger partial charge in [-0.1, -0.05) is 12.1 Å². The van der Waals surface area contributed by atoms with Gasteiger partial charge in [-0.15, -0.1) is 0 Å². The van der Waals surface area contributed by atoms with Crippen molar-refractivity contribution in [2.45, 2.75) is 25.4 Å². The number of nitrogens with one attached hydrogen (secondary N) is 1. The van der Waals surface area contributed by atoms with Gasteiger partial charge in [-0.05, 0) is 25.0 Å². The van der Waals surface area contributed by atoms with Crippen LogP contribution < -0.4 is 4.72 Å². The fourth-order valence-electron chi connectivity index (χ4n) is 2.69. The van der Waals surface area contributed by atoms with Crippen LogP contribution in [-0.2, 0) is 16.6 Å². The smallest absolute Gasteiger partial charge is 0.209 e. The first-order chi connectivity index (χ1) is 9.99. The lowest BCUT2D eigenvalue weighted by molar-refractivity contribution is 0.185. The van der Waals surface area contributed by atoms with E-state index >= 15 is 0 Å². The average Bonchev–Trinajstić information content (AvgIpc) is 2.81.